The third kappa shape index (κ3) is 4.22. The van der Waals surface area contributed by atoms with Gasteiger partial charge in [0.2, 0.25) is 0 Å². The van der Waals surface area contributed by atoms with Crippen molar-refractivity contribution in [3.8, 4) is 66.8 Å². The third-order valence-corrected chi connectivity index (χ3v) is 13.4. The van der Waals surface area contributed by atoms with Crippen molar-refractivity contribution in [1.82, 2.24) is 9.38 Å². The van der Waals surface area contributed by atoms with Gasteiger partial charge in [-0.1, -0.05) is 170 Å². The second kappa shape index (κ2) is 12.0. The first-order chi connectivity index (χ1) is 30.2. The average Bonchev–Trinajstić information content (AvgIpc) is 3.89. The summed E-state index contributed by atoms with van der Waals surface area (Å²) in [5.74, 6) is 0. The van der Waals surface area contributed by atoms with Crippen LogP contribution >= 0.6 is 0 Å². The molecule has 0 aliphatic heterocycles. The minimum atomic E-state index is -0.0276. The normalized spacial score (nSPS) is 12.3. The number of nitrogens with zero attached hydrogens (tertiary/aromatic N) is 2. The van der Waals surface area contributed by atoms with E-state index in [-0.39, 0.29) is 5.56 Å². The van der Waals surface area contributed by atoms with Gasteiger partial charge in [0.1, 0.15) is 5.65 Å². The Labute approximate surface area is 349 Å². The predicted octanol–water partition coefficient (Wildman–Crippen LogP) is 14.8. The van der Waals surface area contributed by atoms with Crippen molar-refractivity contribution in [3.63, 3.8) is 0 Å². The molecule has 0 radical (unpaired) electrons. The Morgan fingerprint density at radius 3 is 1.16 bits per heavy atom. The van der Waals surface area contributed by atoms with Gasteiger partial charge >= 0.3 is 0 Å². The summed E-state index contributed by atoms with van der Waals surface area (Å²) in [7, 11) is 0. The van der Waals surface area contributed by atoms with E-state index in [1.165, 1.54) is 88.3 Å². The van der Waals surface area contributed by atoms with Crippen LogP contribution < -0.4 is 5.56 Å². The SMILES string of the molecule is O=c1c2ccc3c4ccc5c6c(ccc(c7ccc(c2c37)c2nc3ccccc3n12)c64)-c1c(-c2ccccc2)c(-c2ccccc2)c(-c2ccccc2)c(-c2ccccc2)c1-5. The standard InChI is InChI=1S/C58H32N2O/c61-58-44-32-28-40-38-26-30-42-53-41(29-25-37(51(38)53)39-27-31-43(54(44)52(39)40)57-59-45-23-13-14-24-46(45)60(57)58)55-49(35-19-9-3-10-20-35)47(33-15-5-1-6-16-33)48(34-17-7-2-8-18-34)50(56(42)55)36-21-11-4-12-22-36/h1-32H. The Morgan fingerprint density at radius 1 is 0.311 bits per heavy atom. The van der Waals surface area contributed by atoms with E-state index in [2.05, 4.69) is 164 Å². The first kappa shape index (κ1) is 32.8. The van der Waals surface area contributed by atoms with Crippen molar-refractivity contribution < 1.29 is 0 Å². The molecule has 280 valence electrons. The molecule has 0 fully saturated rings. The molecule has 1 aliphatic carbocycles. The van der Waals surface area contributed by atoms with Crippen LogP contribution in [-0.2, 0) is 0 Å². The van der Waals surface area contributed by atoms with Gasteiger partial charge in [-0.25, -0.2) is 4.98 Å². The zero-order valence-electron chi connectivity index (χ0n) is 32.8. The van der Waals surface area contributed by atoms with Crippen LogP contribution in [0, 0.1) is 0 Å². The van der Waals surface area contributed by atoms with Gasteiger partial charge in [0.25, 0.3) is 5.56 Å². The van der Waals surface area contributed by atoms with Crippen LogP contribution in [0.15, 0.2) is 199 Å². The maximum Gasteiger partial charge on any atom is 0.264 e. The molecule has 3 heteroatoms. The molecule has 61 heavy (non-hydrogen) atoms. The van der Waals surface area contributed by atoms with E-state index in [9.17, 15) is 4.79 Å². The monoisotopic (exact) mass is 772 g/mol. The number of aromatic nitrogens is 2. The summed E-state index contributed by atoms with van der Waals surface area (Å²) in [6.45, 7) is 0. The average molecular weight is 773 g/mol. The number of imidazole rings is 1. The van der Waals surface area contributed by atoms with Gasteiger partial charge in [0, 0.05) is 16.2 Å². The lowest BCUT2D eigenvalue weighted by atomic mass is 9.76. The van der Waals surface area contributed by atoms with Gasteiger partial charge in [-0.05, 0) is 129 Å². The van der Waals surface area contributed by atoms with Gasteiger partial charge in [-0.3, -0.25) is 9.20 Å². The summed E-state index contributed by atoms with van der Waals surface area (Å²) in [6.07, 6.45) is 0. The van der Waals surface area contributed by atoms with Crippen LogP contribution in [0.5, 0.6) is 0 Å². The maximum absolute atomic E-state index is 14.4. The molecule has 0 unspecified atom stereocenters. The van der Waals surface area contributed by atoms with Gasteiger partial charge in [0.05, 0.1) is 11.0 Å². The number of benzene rings is 11. The zero-order chi connectivity index (χ0) is 39.9. The quantitative estimate of drug-likeness (QED) is 0.132. The summed E-state index contributed by atoms with van der Waals surface area (Å²) in [5.41, 5.74) is 17.1. The zero-order valence-corrected chi connectivity index (χ0v) is 32.8. The molecule has 2 heterocycles. The first-order valence-electron chi connectivity index (χ1n) is 20.9. The number of fused-ring (bicyclic) bond motifs is 9. The fourth-order valence-corrected chi connectivity index (χ4v) is 11.1. The van der Waals surface area contributed by atoms with Crippen molar-refractivity contribution in [2.75, 3.05) is 0 Å². The van der Waals surface area contributed by atoms with Crippen LogP contribution in [-0.4, -0.2) is 9.38 Å². The van der Waals surface area contributed by atoms with Crippen LogP contribution in [0.4, 0.5) is 0 Å². The topological polar surface area (TPSA) is 34.4 Å². The van der Waals surface area contributed by atoms with Gasteiger partial charge in [-0.15, -0.1) is 0 Å². The number of hydrogen-bond donors (Lipinski definition) is 0. The predicted molar refractivity (Wildman–Crippen MR) is 255 cm³/mol. The van der Waals surface area contributed by atoms with E-state index >= 15 is 0 Å². The Kier molecular flexibility index (Phi) is 6.43. The third-order valence-electron chi connectivity index (χ3n) is 13.4. The molecular weight excluding hydrogens is 741 g/mol. The largest absolute Gasteiger partial charge is 0.268 e. The molecule has 0 saturated carbocycles. The smallest absolute Gasteiger partial charge is 0.264 e. The van der Waals surface area contributed by atoms with Crippen molar-refractivity contribution in [2.45, 2.75) is 0 Å². The van der Waals surface area contributed by atoms with Gasteiger partial charge in [-0.2, -0.15) is 0 Å². The number of pyridine rings is 1. The molecule has 0 amide bonds. The van der Waals surface area contributed by atoms with E-state index < -0.39 is 0 Å². The molecular formula is C58H32N2O. The summed E-state index contributed by atoms with van der Waals surface area (Å²) in [6, 6.07) is 69.9. The fourth-order valence-electron chi connectivity index (χ4n) is 11.1. The van der Waals surface area contributed by atoms with Crippen molar-refractivity contribution >= 4 is 70.5 Å². The summed E-state index contributed by atoms with van der Waals surface area (Å²) in [4.78, 5) is 19.5. The minimum Gasteiger partial charge on any atom is -0.268 e. The molecule has 0 saturated heterocycles. The highest BCUT2D eigenvalue weighted by atomic mass is 16.1. The number of hydrogen-bond acceptors (Lipinski definition) is 2. The van der Waals surface area contributed by atoms with Crippen LogP contribution in [0.2, 0.25) is 0 Å². The Hall–Kier alpha value is -8.14. The molecule has 3 nitrogen and oxygen atoms in total. The van der Waals surface area contributed by atoms with E-state index in [0.29, 0.717) is 5.65 Å². The second-order valence-electron chi connectivity index (χ2n) is 16.4. The van der Waals surface area contributed by atoms with E-state index in [1.54, 1.807) is 4.40 Å². The highest BCUT2D eigenvalue weighted by Crippen LogP contribution is 2.62. The Balaban J connectivity index is 1.18. The molecule has 0 spiro atoms. The van der Waals surface area contributed by atoms with Gasteiger partial charge < -0.3 is 0 Å². The number of para-hydroxylation sites is 2. The van der Waals surface area contributed by atoms with E-state index in [0.717, 1.165) is 43.4 Å². The summed E-state index contributed by atoms with van der Waals surface area (Å²) in [5, 5.41) is 11.1. The lowest BCUT2D eigenvalue weighted by Gasteiger charge is -2.26. The molecule has 0 atom stereocenters. The first-order valence-corrected chi connectivity index (χ1v) is 20.9. The maximum atomic E-state index is 14.4. The Morgan fingerprint density at radius 2 is 0.672 bits per heavy atom. The van der Waals surface area contributed by atoms with Crippen LogP contribution in [0.3, 0.4) is 0 Å². The molecule has 2 aromatic heterocycles. The molecule has 0 N–H and O–H groups in total. The molecule has 0 bridgehead atoms. The summed E-state index contributed by atoms with van der Waals surface area (Å²) >= 11 is 0. The van der Waals surface area contributed by atoms with Crippen molar-refractivity contribution in [3.05, 3.63) is 204 Å². The van der Waals surface area contributed by atoms with Crippen molar-refractivity contribution in [2.24, 2.45) is 0 Å². The summed E-state index contributed by atoms with van der Waals surface area (Å²) < 4.78 is 1.80. The number of rotatable bonds is 4. The molecule has 1 aliphatic rings. The van der Waals surface area contributed by atoms with Crippen LogP contribution in [0.25, 0.3) is 137 Å². The highest BCUT2D eigenvalue weighted by Gasteiger charge is 2.35. The molecule has 13 aromatic rings. The Bertz CT molecular complexity index is 3860. The molecule has 14 rings (SSSR count). The van der Waals surface area contributed by atoms with Crippen molar-refractivity contribution in [1.29, 1.82) is 0 Å². The lowest BCUT2D eigenvalue weighted by Crippen LogP contribution is -2.13. The molecule has 11 aromatic carbocycles. The van der Waals surface area contributed by atoms with E-state index in [1.807, 2.05) is 30.3 Å². The highest BCUT2D eigenvalue weighted by molar-refractivity contribution is 6.41. The second-order valence-corrected chi connectivity index (χ2v) is 16.4. The van der Waals surface area contributed by atoms with Gasteiger partial charge in [0.15, 0.2) is 0 Å². The lowest BCUT2D eigenvalue weighted by molar-refractivity contribution is 1.19. The minimum absolute atomic E-state index is 0.0276. The fraction of sp³-hybridized carbons (Fsp3) is 0. The van der Waals surface area contributed by atoms with Crippen LogP contribution in [0.1, 0.15) is 0 Å². The van der Waals surface area contributed by atoms with E-state index in [4.69, 9.17) is 4.98 Å².